The Kier molecular flexibility index (Phi) is 5.51. The van der Waals surface area contributed by atoms with Gasteiger partial charge in [0.15, 0.2) is 5.22 Å². The summed E-state index contributed by atoms with van der Waals surface area (Å²) in [4.78, 5) is 0. The number of thiol groups is 1. The number of furan rings is 1. The molecule has 0 spiro atoms. The van der Waals surface area contributed by atoms with Crippen molar-refractivity contribution in [2.45, 2.75) is 5.75 Å². The molecule has 0 aliphatic heterocycles. The molecule has 0 radical (unpaired) electrons. The van der Waals surface area contributed by atoms with Crippen molar-refractivity contribution in [2.75, 3.05) is 11.5 Å². The summed E-state index contributed by atoms with van der Waals surface area (Å²) in [6.07, 6.45) is 4.13. The molecule has 0 aliphatic rings. The highest BCUT2D eigenvalue weighted by Gasteiger charge is 1.97. The molecule has 1 nitrogen and oxygen atoms in total. The van der Waals surface area contributed by atoms with E-state index in [0.717, 1.165) is 23.0 Å². The van der Waals surface area contributed by atoms with Crippen molar-refractivity contribution in [1.82, 2.24) is 0 Å². The summed E-state index contributed by atoms with van der Waals surface area (Å²) < 4.78 is 5.20. The SMILES string of the molecule is SC/C=C/CSCc1ccc(Cl)o1. The van der Waals surface area contributed by atoms with E-state index < -0.39 is 0 Å². The number of thioether (sulfide) groups is 1. The molecule has 13 heavy (non-hydrogen) atoms. The predicted molar refractivity (Wildman–Crippen MR) is 62.9 cm³/mol. The highest BCUT2D eigenvalue weighted by Crippen LogP contribution is 2.18. The van der Waals surface area contributed by atoms with Crippen molar-refractivity contribution in [3.05, 3.63) is 35.3 Å². The second-order valence-electron chi connectivity index (χ2n) is 2.37. The summed E-state index contributed by atoms with van der Waals surface area (Å²) in [7, 11) is 0. The Morgan fingerprint density at radius 3 is 2.92 bits per heavy atom. The second kappa shape index (κ2) is 6.46. The van der Waals surface area contributed by atoms with Gasteiger partial charge < -0.3 is 4.42 Å². The maximum atomic E-state index is 5.62. The van der Waals surface area contributed by atoms with Crippen molar-refractivity contribution in [3.63, 3.8) is 0 Å². The van der Waals surface area contributed by atoms with Crippen molar-refractivity contribution in [3.8, 4) is 0 Å². The van der Waals surface area contributed by atoms with Gasteiger partial charge in [-0.1, -0.05) is 12.2 Å². The molecule has 4 heteroatoms. The summed E-state index contributed by atoms with van der Waals surface area (Å²) in [6.45, 7) is 0. The summed E-state index contributed by atoms with van der Waals surface area (Å²) in [5.74, 6) is 3.57. The van der Waals surface area contributed by atoms with E-state index in [0.29, 0.717) is 5.22 Å². The van der Waals surface area contributed by atoms with Crippen LogP contribution in [0, 0.1) is 0 Å². The van der Waals surface area contributed by atoms with Gasteiger partial charge in [0.2, 0.25) is 0 Å². The predicted octanol–water partition coefficient (Wildman–Crippen LogP) is 3.65. The minimum atomic E-state index is 0.460. The minimum Gasteiger partial charge on any atom is -0.449 e. The van der Waals surface area contributed by atoms with Crippen molar-refractivity contribution in [1.29, 1.82) is 0 Å². The standard InChI is InChI=1S/C9H11ClOS2/c10-9-4-3-8(11-9)7-13-6-2-1-5-12/h1-4,12H,5-7H2/b2-1+. The highest BCUT2D eigenvalue weighted by atomic mass is 35.5. The fraction of sp³-hybridized carbons (Fsp3) is 0.333. The molecule has 0 aliphatic carbocycles. The summed E-state index contributed by atoms with van der Waals surface area (Å²) >= 11 is 11.5. The van der Waals surface area contributed by atoms with E-state index in [1.807, 2.05) is 12.1 Å². The summed E-state index contributed by atoms with van der Waals surface area (Å²) in [6, 6.07) is 3.67. The quantitative estimate of drug-likeness (QED) is 0.475. The van der Waals surface area contributed by atoms with Crippen LogP contribution < -0.4 is 0 Å². The van der Waals surface area contributed by atoms with E-state index in [1.54, 1.807) is 17.8 Å². The molecule has 1 rings (SSSR count). The third-order valence-electron chi connectivity index (χ3n) is 1.36. The number of halogens is 1. The van der Waals surface area contributed by atoms with Crippen LogP contribution in [0.25, 0.3) is 0 Å². The van der Waals surface area contributed by atoms with Crippen LogP contribution in [0.3, 0.4) is 0 Å². The zero-order valence-corrected chi connectivity index (χ0v) is 9.54. The van der Waals surface area contributed by atoms with Crippen LogP contribution >= 0.6 is 36.0 Å². The van der Waals surface area contributed by atoms with Gasteiger partial charge in [0, 0.05) is 11.5 Å². The van der Waals surface area contributed by atoms with Crippen LogP contribution in [-0.4, -0.2) is 11.5 Å². The monoisotopic (exact) mass is 234 g/mol. The third-order valence-corrected chi connectivity index (χ3v) is 2.69. The zero-order chi connectivity index (χ0) is 9.52. The van der Waals surface area contributed by atoms with Crippen LogP contribution in [0.1, 0.15) is 5.76 Å². The first-order chi connectivity index (χ1) is 6.33. The Balaban J connectivity index is 2.16. The topological polar surface area (TPSA) is 13.1 Å². The molecule has 0 fully saturated rings. The molecule has 1 heterocycles. The maximum absolute atomic E-state index is 5.62. The molecule has 0 atom stereocenters. The molecule has 0 unspecified atom stereocenters. The van der Waals surface area contributed by atoms with Crippen LogP contribution in [0.4, 0.5) is 0 Å². The van der Waals surface area contributed by atoms with E-state index in [-0.39, 0.29) is 0 Å². The zero-order valence-electron chi connectivity index (χ0n) is 7.07. The smallest absolute Gasteiger partial charge is 0.193 e. The number of hydrogen-bond donors (Lipinski definition) is 1. The number of rotatable bonds is 5. The van der Waals surface area contributed by atoms with Gasteiger partial charge >= 0.3 is 0 Å². The van der Waals surface area contributed by atoms with E-state index >= 15 is 0 Å². The minimum absolute atomic E-state index is 0.460. The lowest BCUT2D eigenvalue weighted by Gasteiger charge is -1.93. The molecular formula is C9H11ClOS2. The average molecular weight is 235 g/mol. The molecule has 0 aromatic carbocycles. The summed E-state index contributed by atoms with van der Waals surface area (Å²) in [5.41, 5.74) is 0. The molecule has 0 bridgehead atoms. The van der Waals surface area contributed by atoms with Crippen molar-refractivity contribution < 1.29 is 4.42 Å². The lowest BCUT2D eigenvalue weighted by molar-refractivity contribution is 0.532. The Bertz CT molecular complexity index is 270. The number of hydrogen-bond acceptors (Lipinski definition) is 3. The Morgan fingerprint density at radius 1 is 1.46 bits per heavy atom. The lowest BCUT2D eigenvalue weighted by atomic mass is 10.5. The van der Waals surface area contributed by atoms with Crippen LogP contribution in [0.15, 0.2) is 28.7 Å². The fourth-order valence-corrected chi connectivity index (χ4v) is 1.86. The van der Waals surface area contributed by atoms with E-state index in [2.05, 4.69) is 18.7 Å². The van der Waals surface area contributed by atoms with Crippen LogP contribution in [0.2, 0.25) is 5.22 Å². The first-order valence-corrected chi connectivity index (χ1v) is 6.07. The van der Waals surface area contributed by atoms with Gasteiger partial charge in [0.25, 0.3) is 0 Å². The van der Waals surface area contributed by atoms with Crippen LogP contribution in [0.5, 0.6) is 0 Å². The van der Waals surface area contributed by atoms with Crippen molar-refractivity contribution >= 4 is 36.0 Å². The fourth-order valence-electron chi connectivity index (χ4n) is 0.799. The molecule has 0 amide bonds. The lowest BCUT2D eigenvalue weighted by Crippen LogP contribution is -1.76. The van der Waals surface area contributed by atoms with Gasteiger partial charge in [-0.25, -0.2) is 0 Å². The normalized spacial score (nSPS) is 11.2. The Labute approximate surface area is 92.9 Å². The van der Waals surface area contributed by atoms with E-state index in [1.165, 1.54) is 0 Å². The first-order valence-electron chi connectivity index (χ1n) is 3.90. The van der Waals surface area contributed by atoms with Crippen LogP contribution in [-0.2, 0) is 5.75 Å². The Morgan fingerprint density at radius 2 is 2.31 bits per heavy atom. The Hall–Kier alpha value is 0.01000. The van der Waals surface area contributed by atoms with E-state index in [9.17, 15) is 0 Å². The molecular weight excluding hydrogens is 224 g/mol. The summed E-state index contributed by atoms with van der Waals surface area (Å²) in [5, 5.41) is 0.460. The molecule has 72 valence electrons. The van der Waals surface area contributed by atoms with Gasteiger partial charge in [-0.05, 0) is 23.7 Å². The molecule has 0 saturated heterocycles. The molecule has 0 N–H and O–H groups in total. The first kappa shape index (κ1) is 11.1. The van der Waals surface area contributed by atoms with Gasteiger partial charge in [-0.15, -0.1) is 11.8 Å². The largest absolute Gasteiger partial charge is 0.449 e. The van der Waals surface area contributed by atoms with Gasteiger partial charge in [0.05, 0.1) is 5.75 Å². The molecule has 1 aromatic rings. The highest BCUT2D eigenvalue weighted by molar-refractivity contribution is 7.98. The van der Waals surface area contributed by atoms with Gasteiger partial charge in [-0.3, -0.25) is 0 Å². The van der Waals surface area contributed by atoms with E-state index in [4.69, 9.17) is 16.0 Å². The molecule has 0 saturated carbocycles. The second-order valence-corrected chi connectivity index (χ2v) is 4.14. The van der Waals surface area contributed by atoms with Crippen molar-refractivity contribution in [2.24, 2.45) is 0 Å². The average Bonchev–Trinajstić information content (AvgIpc) is 2.51. The van der Waals surface area contributed by atoms with Gasteiger partial charge in [0.1, 0.15) is 5.76 Å². The van der Waals surface area contributed by atoms with Gasteiger partial charge in [-0.2, -0.15) is 12.6 Å². The molecule has 1 aromatic heterocycles. The third kappa shape index (κ3) is 4.69. The maximum Gasteiger partial charge on any atom is 0.193 e.